The minimum atomic E-state index is -4.32. The van der Waals surface area contributed by atoms with E-state index in [2.05, 4.69) is 25.2 Å². The lowest BCUT2D eigenvalue weighted by Gasteiger charge is -2.19. The van der Waals surface area contributed by atoms with E-state index in [0.717, 1.165) is 37.2 Å². The van der Waals surface area contributed by atoms with Crippen molar-refractivity contribution in [1.29, 1.82) is 0 Å². The predicted molar refractivity (Wildman–Crippen MR) is 112 cm³/mol. The largest absolute Gasteiger partial charge is 0.416 e. The van der Waals surface area contributed by atoms with Crippen LogP contribution >= 0.6 is 0 Å². The molecule has 0 aromatic heterocycles. The minimum absolute atomic E-state index is 0.0638. The van der Waals surface area contributed by atoms with Crippen molar-refractivity contribution in [3.05, 3.63) is 35.4 Å². The maximum atomic E-state index is 12.7. The van der Waals surface area contributed by atoms with Gasteiger partial charge in [0.2, 0.25) is 10.0 Å². The van der Waals surface area contributed by atoms with Crippen molar-refractivity contribution < 1.29 is 21.6 Å². The molecule has 0 aliphatic carbocycles. The number of likely N-dealkylation sites (tertiary alicyclic amines) is 1. The van der Waals surface area contributed by atoms with Crippen LogP contribution in [0.3, 0.4) is 0 Å². The Labute approximate surface area is 176 Å². The summed E-state index contributed by atoms with van der Waals surface area (Å²) in [5.74, 6) is 0.712. The van der Waals surface area contributed by atoms with Crippen molar-refractivity contribution in [3.8, 4) is 0 Å². The van der Waals surface area contributed by atoms with Crippen molar-refractivity contribution in [1.82, 2.24) is 20.3 Å². The second kappa shape index (κ2) is 11.0. The van der Waals surface area contributed by atoms with Crippen molar-refractivity contribution >= 4 is 16.0 Å². The number of hydrogen-bond acceptors (Lipinski definition) is 4. The molecule has 0 radical (unpaired) electrons. The molecule has 0 saturated carbocycles. The van der Waals surface area contributed by atoms with Gasteiger partial charge in [-0.2, -0.15) is 13.2 Å². The Balaban J connectivity index is 1.71. The molecule has 7 nitrogen and oxygen atoms in total. The third-order valence-corrected chi connectivity index (χ3v) is 6.28. The monoisotopic (exact) mass is 449 g/mol. The molecule has 0 amide bonds. The van der Waals surface area contributed by atoms with Crippen molar-refractivity contribution in [2.45, 2.75) is 38.5 Å². The number of nitrogens with zero attached hydrogens (tertiary/aromatic N) is 2. The number of benzene rings is 1. The highest BCUT2D eigenvalue weighted by Gasteiger charge is 2.30. The van der Waals surface area contributed by atoms with Crippen molar-refractivity contribution in [2.24, 2.45) is 4.99 Å². The Morgan fingerprint density at radius 3 is 2.53 bits per heavy atom. The van der Waals surface area contributed by atoms with Gasteiger partial charge in [0.25, 0.3) is 0 Å². The number of sulfonamides is 1. The van der Waals surface area contributed by atoms with Gasteiger partial charge in [-0.05, 0) is 37.5 Å². The molecule has 170 valence electrons. The first-order chi connectivity index (χ1) is 14.1. The average Bonchev–Trinajstić information content (AvgIpc) is 3.13. The lowest BCUT2D eigenvalue weighted by molar-refractivity contribution is -0.137. The lowest BCUT2D eigenvalue weighted by atomic mass is 10.1. The van der Waals surface area contributed by atoms with E-state index < -0.39 is 21.8 Å². The Kier molecular flexibility index (Phi) is 8.92. The van der Waals surface area contributed by atoms with Crippen LogP contribution in [0.5, 0.6) is 0 Å². The zero-order valence-electron chi connectivity index (χ0n) is 17.3. The van der Waals surface area contributed by atoms with Crippen LogP contribution in [-0.4, -0.2) is 64.3 Å². The zero-order chi connectivity index (χ0) is 22.2. The van der Waals surface area contributed by atoms with E-state index in [1.54, 1.807) is 14.0 Å². The summed E-state index contributed by atoms with van der Waals surface area (Å²) >= 11 is 0. The van der Waals surface area contributed by atoms with Gasteiger partial charge >= 0.3 is 6.18 Å². The third-order valence-electron chi connectivity index (χ3n) is 4.87. The van der Waals surface area contributed by atoms with Gasteiger partial charge in [-0.25, -0.2) is 13.1 Å². The Morgan fingerprint density at radius 2 is 1.93 bits per heavy atom. The number of alkyl halides is 3. The zero-order valence-corrected chi connectivity index (χ0v) is 18.1. The molecule has 3 N–H and O–H groups in total. The van der Waals surface area contributed by atoms with E-state index in [-0.39, 0.29) is 11.8 Å². The maximum Gasteiger partial charge on any atom is 0.416 e. The maximum absolute atomic E-state index is 12.7. The molecule has 1 aliphatic heterocycles. The fraction of sp³-hybridized carbons (Fsp3) is 0.632. The fourth-order valence-electron chi connectivity index (χ4n) is 3.16. The molecule has 1 aliphatic rings. The highest BCUT2D eigenvalue weighted by molar-refractivity contribution is 7.89. The van der Waals surface area contributed by atoms with Crippen LogP contribution in [0.25, 0.3) is 0 Å². The van der Waals surface area contributed by atoms with Crippen LogP contribution in [0.4, 0.5) is 13.2 Å². The molecule has 1 aromatic rings. The topological polar surface area (TPSA) is 85.8 Å². The first-order valence-corrected chi connectivity index (χ1v) is 11.6. The second-order valence-corrected chi connectivity index (χ2v) is 9.31. The molecule has 1 atom stereocenters. The Bertz CT molecular complexity index is 797. The van der Waals surface area contributed by atoms with Gasteiger partial charge in [-0.15, -0.1) is 0 Å². The van der Waals surface area contributed by atoms with Gasteiger partial charge in [0, 0.05) is 45.8 Å². The van der Waals surface area contributed by atoms with E-state index >= 15 is 0 Å². The highest BCUT2D eigenvalue weighted by atomic mass is 32.2. The molecule has 30 heavy (non-hydrogen) atoms. The molecule has 0 bridgehead atoms. The standard InChI is InChI=1S/C19H30F3N5O2S/c1-3-30(28,29)25-11-4-10-24-18(23-2)26-17-9-12-27(14-17)13-15-5-7-16(8-6-15)19(20,21)22/h5-8,17,25H,3-4,9-14H2,1-2H3,(H2,23,24,26). The molecule has 11 heteroatoms. The number of hydrogen-bond donors (Lipinski definition) is 3. The van der Waals surface area contributed by atoms with Crippen LogP contribution in [-0.2, 0) is 22.7 Å². The van der Waals surface area contributed by atoms with Gasteiger partial charge in [-0.1, -0.05) is 12.1 Å². The number of guanidine groups is 1. The summed E-state index contributed by atoms with van der Waals surface area (Å²) in [7, 11) is -1.50. The summed E-state index contributed by atoms with van der Waals surface area (Å²) < 4.78 is 63.3. The van der Waals surface area contributed by atoms with E-state index in [1.165, 1.54) is 12.1 Å². The average molecular weight is 450 g/mol. The SMILES string of the molecule is CCS(=O)(=O)NCCCNC(=NC)NC1CCN(Cc2ccc(C(F)(F)F)cc2)C1. The molecular weight excluding hydrogens is 419 g/mol. The molecule has 1 heterocycles. The van der Waals surface area contributed by atoms with E-state index in [4.69, 9.17) is 0 Å². The molecule has 0 spiro atoms. The number of aliphatic imine (C=N–C) groups is 1. The summed E-state index contributed by atoms with van der Waals surface area (Å²) in [4.78, 5) is 6.37. The molecule has 1 unspecified atom stereocenters. The van der Waals surface area contributed by atoms with E-state index in [0.29, 0.717) is 32.0 Å². The van der Waals surface area contributed by atoms with Crippen LogP contribution in [0, 0.1) is 0 Å². The Morgan fingerprint density at radius 1 is 1.23 bits per heavy atom. The number of nitrogens with one attached hydrogen (secondary N) is 3. The summed E-state index contributed by atoms with van der Waals surface area (Å²) in [5, 5.41) is 6.50. The van der Waals surface area contributed by atoms with E-state index in [9.17, 15) is 21.6 Å². The van der Waals surface area contributed by atoms with Gasteiger partial charge in [-0.3, -0.25) is 9.89 Å². The summed E-state index contributed by atoms with van der Waals surface area (Å²) in [6.45, 7) is 4.74. The van der Waals surface area contributed by atoms with Crippen molar-refractivity contribution in [3.63, 3.8) is 0 Å². The predicted octanol–water partition coefficient (Wildman–Crippen LogP) is 1.77. The smallest absolute Gasteiger partial charge is 0.356 e. The third kappa shape index (κ3) is 8.11. The number of halogens is 3. The molecule has 1 aromatic carbocycles. The number of rotatable bonds is 9. The van der Waals surface area contributed by atoms with Crippen molar-refractivity contribution in [2.75, 3.05) is 39.0 Å². The molecule has 1 saturated heterocycles. The summed E-state index contributed by atoms with van der Waals surface area (Å²) in [5.41, 5.74) is 0.213. The summed E-state index contributed by atoms with van der Waals surface area (Å²) in [6, 6.07) is 5.47. The normalized spacial score (nSPS) is 18.6. The first kappa shape index (κ1) is 24.4. The van der Waals surface area contributed by atoms with E-state index in [1.807, 2.05) is 0 Å². The van der Waals surface area contributed by atoms with Gasteiger partial charge in [0.15, 0.2) is 5.96 Å². The quantitative estimate of drug-likeness (QED) is 0.304. The second-order valence-electron chi connectivity index (χ2n) is 7.21. The minimum Gasteiger partial charge on any atom is -0.356 e. The van der Waals surface area contributed by atoms with Gasteiger partial charge in [0.05, 0.1) is 11.3 Å². The highest BCUT2D eigenvalue weighted by Crippen LogP contribution is 2.29. The van der Waals surface area contributed by atoms with Crippen LogP contribution < -0.4 is 15.4 Å². The van der Waals surface area contributed by atoms with Gasteiger partial charge in [0.1, 0.15) is 0 Å². The fourth-order valence-corrected chi connectivity index (χ4v) is 3.82. The molecule has 1 fully saturated rings. The Hall–Kier alpha value is -1.85. The molecular formula is C19H30F3N5O2S. The first-order valence-electron chi connectivity index (χ1n) is 9.96. The molecule has 2 rings (SSSR count). The van der Waals surface area contributed by atoms with Crippen LogP contribution in [0.2, 0.25) is 0 Å². The lowest BCUT2D eigenvalue weighted by Crippen LogP contribution is -2.45. The van der Waals surface area contributed by atoms with Crippen LogP contribution in [0.15, 0.2) is 29.3 Å². The van der Waals surface area contributed by atoms with Gasteiger partial charge < -0.3 is 10.6 Å². The van der Waals surface area contributed by atoms with Crippen LogP contribution in [0.1, 0.15) is 30.9 Å². The summed E-state index contributed by atoms with van der Waals surface area (Å²) in [6.07, 6.45) is -2.79.